The lowest BCUT2D eigenvalue weighted by Crippen LogP contribution is -2.19. The number of aryl methyl sites for hydroxylation is 1. The molecule has 1 amide bonds. The van der Waals surface area contributed by atoms with E-state index in [-0.39, 0.29) is 5.91 Å². The molecule has 0 aliphatic carbocycles. The Morgan fingerprint density at radius 1 is 1.19 bits per heavy atom. The zero-order chi connectivity index (χ0) is 18.7. The van der Waals surface area contributed by atoms with Crippen molar-refractivity contribution in [2.24, 2.45) is 4.99 Å². The summed E-state index contributed by atoms with van der Waals surface area (Å²) >= 11 is 13.7. The van der Waals surface area contributed by atoms with Crippen molar-refractivity contribution in [1.29, 1.82) is 0 Å². The number of ether oxygens (including phenoxy) is 1. The Bertz CT molecular complexity index is 885. The molecule has 2 aromatic rings. The second kappa shape index (κ2) is 8.16. The fraction of sp³-hybridized carbons (Fsp3) is 0.158. The molecule has 0 aromatic heterocycles. The van der Waals surface area contributed by atoms with Gasteiger partial charge in [-0.15, -0.1) is 0 Å². The maximum Gasteiger partial charge on any atom is 0.264 e. The molecule has 7 heteroatoms. The quantitative estimate of drug-likeness (QED) is 0.672. The second-order valence-corrected chi connectivity index (χ2v) is 7.41. The number of nitrogens with one attached hydrogen (secondary N) is 1. The maximum absolute atomic E-state index is 12.2. The van der Waals surface area contributed by atoms with Gasteiger partial charge in [-0.3, -0.25) is 4.79 Å². The Kier molecular flexibility index (Phi) is 5.91. The number of halogens is 2. The molecule has 2 aromatic carbocycles. The first-order chi connectivity index (χ1) is 12.5. The summed E-state index contributed by atoms with van der Waals surface area (Å²) in [6.45, 7) is 4.34. The number of aliphatic imine (C=N–C) groups is 1. The van der Waals surface area contributed by atoms with Gasteiger partial charge in [-0.2, -0.15) is 0 Å². The van der Waals surface area contributed by atoms with E-state index in [1.165, 1.54) is 11.8 Å². The van der Waals surface area contributed by atoms with Crippen LogP contribution in [0.25, 0.3) is 6.08 Å². The first kappa shape index (κ1) is 18.8. The van der Waals surface area contributed by atoms with Crippen molar-refractivity contribution in [3.8, 4) is 5.75 Å². The van der Waals surface area contributed by atoms with Gasteiger partial charge in [0.1, 0.15) is 0 Å². The Labute approximate surface area is 166 Å². The molecule has 1 N–H and O–H groups in total. The third-order valence-corrected chi connectivity index (χ3v) is 4.99. The summed E-state index contributed by atoms with van der Waals surface area (Å²) < 4.78 is 5.42. The van der Waals surface area contributed by atoms with E-state index in [4.69, 9.17) is 27.9 Å². The fourth-order valence-electron chi connectivity index (χ4n) is 2.31. The molecule has 0 atom stereocenters. The van der Waals surface area contributed by atoms with Crippen LogP contribution in [0.3, 0.4) is 0 Å². The van der Waals surface area contributed by atoms with Crippen molar-refractivity contribution in [1.82, 2.24) is 5.32 Å². The number of thioether (sulfide) groups is 1. The van der Waals surface area contributed by atoms with Crippen molar-refractivity contribution >= 4 is 57.8 Å². The van der Waals surface area contributed by atoms with Crippen LogP contribution in [0, 0.1) is 6.92 Å². The summed E-state index contributed by atoms with van der Waals surface area (Å²) in [7, 11) is 0. The van der Waals surface area contributed by atoms with E-state index in [0.717, 1.165) is 16.8 Å². The van der Waals surface area contributed by atoms with Crippen LogP contribution in [-0.2, 0) is 4.79 Å². The summed E-state index contributed by atoms with van der Waals surface area (Å²) in [6.07, 6.45) is 1.73. The van der Waals surface area contributed by atoms with E-state index in [1.54, 1.807) is 18.2 Å². The van der Waals surface area contributed by atoms with Crippen molar-refractivity contribution in [3.63, 3.8) is 0 Å². The number of carbonyl (C=O) groups excluding carboxylic acids is 1. The van der Waals surface area contributed by atoms with E-state index in [1.807, 2.05) is 38.1 Å². The van der Waals surface area contributed by atoms with Crippen molar-refractivity contribution < 1.29 is 9.53 Å². The number of amidine groups is 1. The normalized spacial score (nSPS) is 17.0. The van der Waals surface area contributed by atoms with Crippen LogP contribution in [0.15, 0.2) is 46.3 Å². The summed E-state index contributed by atoms with van der Waals surface area (Å²) in [5.41, 5.74) is 2.66. The monoisotopic (exact) mass is 406 g/mol. The Hall–Kier alpha value is -1.95. The molecular weight excluding hydrogens is 391 g/mol. The van der Waals surface area contributed by atoms with Gasteiger partial charge >= 0.3 is 0 Å². The highest BCUT2D eigenvalue weighted by Crippen LogP contribution is 2.36. The molecule has 1 saturated heterocycles. The van der Waals surface area contributed by atoms with Gasteiger partial charge in [-0.25, -0.2) is 4.99 Å². The number of hydrogen-bond acceptors (Lipinski definition) is 4. The van der Waals surface area contributed by atoms with Crippen LogP contribution in [0.1, 0.15) is 18.1 Å². The van der Waals surface area contributed by atoms with Gasteiger partial charge in [0.15, 0.2) is 10.9 Å². The Balaban J connectivity index is 1.84. The topological polar surface area (TPSA) is 50.7 Å². The molecule has 1 aliphatic rings. The third-order valence-electron chi connectivity index (χ3n) is 3.52. The van der Waals surface area contributed by atoms with Gasteiger partial charge in [0.2, 0.25) is 0 Å². The highest BCUT2D eigenvalue weighted by atomic mass is 35.5. The minimum absolute atomic E-state index is 0.206. The molecule has 1 fully saturated rings. The number of rotatable bonds is 4. The molecule has 0 bridgehead atoms. The summed E-state index contributed by atoms with van der Waals surface area (Å²) in [5, 5.41) is 4.11. The Morgan fingerprint density at radius 2 is 1.85 bits per heavy atom. The number of nitrogens with zero attached hydrogens (tertiary/aromatic N) is 1. The SMILES string of the molecule is CCOc1c(Cl)cc(C=C2SC(=Nc3ccc(C)cc3)NC2=O)cc1Cl. The minimum atomic E-state index is -0.206. The minimum Gasteiger partial charge on any atom is -0.491 e. The van der Waals surface area contributed by atoms with Crippen LogP contribution >= 0.6 is 35.0 Å². The van der Waals surface area contributed by atoms with Crippen LogP contribution in [-0.4, -0.2) is 17.7 Å². The predicted octanol–water partition coefficient (Wildman–Crippen LogP) is 5.59. The standard InChI is InChI=1S/C19H16Cl2N2O2S/c1-3-25-17-14(20)8-12(9-15(17)21)10-16-18(24)23-19(26-16)22-13-6-4-11(2)5-7-13/h4-10H,3H2,1-2H3,(H,22,23,24). The summed E-state index contributed by atoms with van der Waals surface area (Å²) in [4.78, 5) is 17.2. The number of benzene rings is 2. The molecule has 134 valence electrons. The van der Waals surface area contributed by atoms with Gasteiger partial charge in [0, 0.05) is 0 Å². The number of hydrogen-bond donors (Lipinski definition) is 1. The lowest BCUT2D eigenvalue weighted by atomic mass is 10.2. The van der Waals surface area contributed by atoms with E-state index in [0.29, 0.717) is 32.5 Å². The molecule has 26 heavy (non-hydrogen) atoms. The largest absolute Gasteiger partial charge is 0.491 e. The van der Waals surface area contributed by atoms with E-state index in [2.05, 4.69) is 10.3 Å². The van der Waals surface area contributed by atoms with Gasteiger partial charge in [-0.05, 0) is 61.5 Å². The van der Waals surface area contributed by atoms with Gasteiger partial charge in [-0.1, -0.05) is 40.9 Å². The van der Waals surface area contributed by atoms with E-state index < -0.39 is 0 Å². The molecule has 0 saturated carbocycles. The fourth-order valence-corrected chi connectivity index (χ4v) is 3.77. The molecule has 3 rings (SSSR count). The second-order valence-electron chi connectivity index (χ2n) is 5.56. The number of carbonyl (C=O) groups is 1. The molecule has 0 spiro atoms. The van der Waals surface area contributed by atoms with Gasteiger partial charge in [0.05, 0.1) is 27.2 Å². The summed E-state index contributed by atoms with van der Waals surface area (Å²) in [6, 6.07) is 11.2. The smallest absolute Gasteiger partial charge is 0.264 e. The average Bonchev–Trinajstić information content (AvgIpc) is 2.92. The highest BCUT2D eigenvalue weighted by molar-refractivity contribution is 8.18. The zero-order valence-electron chi connectivity index (χ0n) is 14.2. The first-order valence-electron chi connectivity index (χ1n) is 7.94. The van der Waals surface area contributed by atoms with Crippen molar-refractivity contribution in [2.75, 3.05) is 6.61 Å². The van der Waals surface area contributed by atoms with Crippen molar-refractivity contribution in [3.05, 3.63) is 62.5 Å². The van der Waals surface area contributed by atoms with Crippen molar-refractivity contribution in [2.45, 2.75) is 13.8 Å². The van der Waals surface area contributed by atoms with Gasteiger partial charge < -0.3 is 10.1 Å². The molecule has 1 heterocycles. The van der Waals surface area contributed by atoms with E-state index >= 15 is 0 Å². The van der Waals surface area contributed by atoms with E-state index in [9.17, 15) is 4.79 Å². The molecular formula is C19H16Cl2N2O2S. The Morgan fingerprint density at radius 3 is 2.46 bits per heavy atom. The average molecular weight is 407 g/mol. The zero-order valence-corrected chi connectivity index (χ0v) is 16.5. The van der Waals surface area contributed by atoms with Gasteiger partial charge in [0.25, 0.3) is 5.91 Å². The molecule has 0 unspecified atom stereocenters. The summed E-state index contributed by atoms with van der Waals surface area (Å²) in [5.74, 6) is 0.241. The lowest BCUT2D eigenvalue weighted by molar-refractivity contribution is -0.115. The molecule has 1 aliphatic heterocycles. The van der Waals surface area contributed by atoms with Crippen LogP contribution in [0.4, 0.5) is 5.69 Å². The first-order valence-corrected chi connectivity index (χ1v) is 9.51. The predicted molar refractivity (Wildman–Crippen MR) is 110 cm³/mol. The highest BCUT2D eigenvalue weighted by Gasteiger charge is 2.24. The number of amides is 1. The lowest BCUT2D eigenvalue weighted by Gasteiger charge is -2.08. The molecule has 4 nitrogen and oxygen atoms in total. The molecule has 0 radical (unpaired) electrons. The van der Waals surface area contributed by atoms with Crippen LogP contribution in [0.2, 0.25) is 10.0 Å². The maximum atomic E-state index is 12.2. The van der Waals surface area contributed by atoms with Crippen LogP contribution in [0.5, 0.6) is 5.75 Å². The van der Waals surface area contributed by atoms with Crippen LogP contribution < -0.4 is 10.1 Å². The third kappa shape index (κ3) is 4.41.